The topological polar surface area (TPSA) is 105 Å². The number of carbonyl (C=O) groups is 3. The summed E-state index contributed by atoms with van der Waals surface area (Å²) in [6.45, 7) is 10.9. The van der Waals surface area contributed by atoms with Crippen LogP contribution in [0.4, 0.5) is 0 Å². The third-order valence-corrected chi connectivity index (χ3v) is 4.63. The Bertz CT molecular complexity index is 479. The lowest BCUT2D eigenvalue weighted by Gasteiger charge is -2.33. The van der Waals surface area contributed by atoms with Crippen LogP contribution >= 0.6 is 0 Å². The molecule has 1 fully saturated rings. The summed E-state index contributed by atoms with van der Waals surface area (Å²) < 4.78 is 0. The first-order valence-corrected chi connectivity index (χ1v) is 9.77. The van der Waals surface area contributed by atoms with Gasteiger partial charge in [0, 0.05) is 19.0 Å². The minimum Gasteiger partial charge on any atom is -0.347 e. The molecule has 1 aliphatic rings. The van der Waals surface area contributed by atoms with E-state index >= 15 is 0 Å². The van der Waals surface area contributed by atoms with Crippen molar-refractivity contribution in [1.82, 2.24) is 15.5 Å². The number of piperidine rings is 1. The average Bonchev–Trinajstić information content (AvgIpc) is 2.58. The molecule has 0 radical (unpaired) electrons. The lowest BCUT2D eigenvalue weighted by molar-refractivity contribution is -0.131. The van der Waals surface area contributed by atoms with E-state index in [1.54, 1.807) is 13.8 Å². The summed E-state index contributed by atoms with van der Waals surface area (Å²) in [6, 6.07) is -0.583. The second-order valence-electron chi connectivity index (χ2n) is 7.96. The van der Waals surface area contributed by atoms with Gasteiger partial charge < -0.3 is 21.3 Å². The Morgan fingerprint density at radius 3 is 2.46 bits per heavy atom. The van der Waals surface area contributed by atoms with Crippen LogP contribution in [0.15, 0.2) is 0 Å². The maximum absolute atomic E-state index is 12.4. The van der Waals surface area contributed by atoms with Crippen LogP contribution in [0.5, 0.6) is 0 Å². The van der Waals surface area contributed by atoms with Crippen molar-refractivity contribution >= 4 is 17.6 Å². The maximum Gasteiger partial charge on any atom is 0.239 e. The van der Waals surface area contributed by atoms with E-state index < -0.39 is 6.04 Å². The van der Waals surface area contributed by atoms with Gasteiger partial charge in [-0.05, 0) is 38.3 Å². The monoisotopic (exact) mass is 368 g/mol. The highest BCUT2D eigenvalue weighted by molar-refractivity contribution is 5.92. The van der Waals surface area contributed by atoms with Crippen molar-refractivity contribution < 1.29 is 14.4 Å². The molecule has 0 bridgehead atoms. The summed E-state index contributed by atoms with van der Waals surface area (Å²) in [6.07, 6.45) is 2.26. The Balaban J connectivity index is 2.45. The van der Waals surface area contributed by atoms with Gasteiger partial charge in [0.15, 0.2) is 5.78 Å². The molecule has 0 aromatic carbocycles. The highest BCUT2D eigenvalue weighted by Gasteiger charge is 2.27. The lowest BCUT2D eigenvalue weighted by Crippen LogP contribution is -2.49. The number of nitrogens with zero attached hydrogens (tertiary/aromatic N) is 1. The second-order valence-corrected chi connectivity index (χ2v) is 7.96. The minimum atomic E-state index is -0.583. The van der Waals surface area contributed by atoms with Crippen molar-refractivity contribution in [3.8, 4) is 0 Å². The van der Waals surface area contributed by atoms with Gasteiger partial charge in [-0.25, -0.2) is 0 Å². The third kappa shape index (κ3) is 7.83. The van der Waals surface area contributed by atoms with Gasteiger partial charge in [-0.1, -0.05) is 27.7 Å². The average molecular weight is 369 g/mol. The zero-order valence-electron chi connectivity index (χ0n) is 16.7. The number of likely N-dealkylation sites (tertiary alicyclic amines) is 1. The summed E-state index contributed by atoms with van der Waals surface area (Å²) in [4.78, 5) is 38.9. The van der Waals surface area contributed by atoms with Crippen LogP contribution < -0.4 is 16.4 Å². The molecule has 2 atom stereocenters. The molecule has 0 aromatic heterocycles. The van der Waals surface area contributed by atoms with Crippen molar-refractivity contribution in [3.63, 3.8) is 0 Å². The first-order chi connectivity index (χ1) is 12.2. The molecule has 2 unspecified atom stereocenters. The number of carbonyl (C=O) groups excluding carboxylic acids is 3. The minimum absolute atomic E-state index is 0.0354. The predicted molar refractivity (Wildman–Crippen MR) is 102 cm³/mol. The molecular weight excluding hydrogens is 332 g/mol. The van der Waals surface area contributed by atoms with E-state index in [1.807, 2.05) is 0 Å². The first kappa shape index (κ1) is 22.6. The third-order valence-electron chi connectivity index (χ3n) is 4.63. The zero-order chi connectivity index (χ0) is 19.7. The number of nitrogens with one attached hydrogen (secondary N) is 2. The largest absolute Gasteiger partial charge is 0.347 e. The van der Waals surface area contributed by atoms with Gasteiger partial charge in [0.2, 0.25) is 11.8 Å². The Kier molecular flexibility index (Phi) is 9.80. The Morgan fingerprint density at radius 2 is 1.88 bits per heavy atom. The Labute approximate surface area is 157 Å². The van der Waals surface area contributed by atoms with Gasteiger partial charge in [-0.2, -0.15) is 0 Å². The van der Waals surface area contributed by atoms with Crippen LogP contribution in [-0.2, 0) is 14.4 Å². The van der Waals surface area contributed by atoms with Crippen LogP contribution in [0.2, 0.25) is 0 Å². The van der Waals surface area contributed by atoms with E-state index in [4.69, 9.17) is 5.73 Å². The number of nitrogens with two attached hydrogens (primary N) is 1. The van der Waals surface area contributed by atoms with E-state index in [9.17, 15) is 14.4 Å². The van der Waals surface area contributed by atoms with Crippen LogP contribution in [0.1, 0.15) is 47.0 Å². The second kappa shape index (κ2) is 11.3. The molecule has 4 N–H and O–H groups in total. The molecule has 1 aliphatic heterocycles. The first-order valence-electron chi connectivity index (χ1n) is 9.77. The van der Waals surface area contributed by atoms with Crippen LogP contribution in [0, 0.1) is 17.8 Å². The van der Waals surface area contributed by atoms with E-state index in [-0.39, 0.29) is 36.0 Å². The smallest absolute Gasteiger partial charge is 0.239 e. The Hall–Kier alpha value is -1.47. The summed E-state index contributed by atoms with van der Waals surface area (Å²) in [5, 5.41) is 5.42. The van der Waals surface area contributed by atoms with Crippen molar-refractivity contribution in [2.45, 2.75) is 53.0 Å². The molecule has 0 aromatic rings. The van der Waals surface area contributed by atoms with E-state index in [2.05, 4.69) is 29.4 Å². The maximum atomic E-state index is 12.4. The van der Waals surface area contributed by atoms with Gasteiger partial charge in [0.1, 0.15) is 0 Å². The number of ketones is 1. The number of Topliss-reactive ketones (excluding diaryl/α,β-unsaturated/α-hetero) is 1. The number of hydrogen-bond acceptors (Lipinski definition) is 5. The Morgan fingerprint density at radius 1 is 1.19 bits per heavy atom. The molecule has 2 amide bonds. The molecule has 150 valence electrons. The fourth-order valence-corrected chi connectivity index (χ4v) is 3.36. The number of rotatable bonds is 10. The molecule has 7 heteroatoms. The summed E-state index contributed by atoms with van der Waals surface area (Å²) in [7, 11) is 0. The molecule has 0 spiro atoms. The van der Waals surface area contributed by atoms with Crippen LogP contribution in [0.3, 0.4) is 0 Å². The summed E-state index contributed by atoms with van der Waals surface area (Å²) >= 11 is 0. The number of hydrogen-bond donors (Lipinski definition) is 3. The quantitative estimate of drug-likeness (QED) is 0.522. The summed E-state index contributed by atoms with van der Waals surface area (Å²) in [5.41, 5.74) is 5.53. The van der Waals surface area contributed by atoms with Crippen molar-refractivity contribution in [2.24, 2.45) is 23.5 Å². The van der Waals surface area contributed by atoms with Gasteiger partial charge >= 0.3 is 0 Å². The molecule has 1 heterocycles. The van der Waals surface area contributed by atoms with Gasteiger partial charge in [0.05, 0.1) is 18.5 Å². The summed E-state index contributed by atoms with van der Waals surface area (Å²) in [5.74, 6) is -0.143. The molecule has 1 rings (SSSR count). The fourth-order valence-electron chi connectivity index (χ4n) is 3.36. The molecule has 7 nitrogen and oxygen atoms in total. The number of amides is 2. The van der Waals surface area contributed by atoms with Crippen molar-refractivity contribution in [3.05, 3.63) is 0 Å². The van der Waals surface area contributed by atoms with Crippen molar-refractivity contribution in [1.29, 1.82) is 0 Å². The fraction of sp³-hybridized carbons (Fsp3) is 0.842. The molecule has 0 aliphatic carbocycles. The standard InChI is InChI=1S/C19H36N4O3/c1-13(2)11-23-9-5-6-15(12-23)19(26)21-10-17(24)22-16(7-8-20)18(25)14(3)4/h13-16H,5-12,20H2,1-4H3,(H,21,26)(H,22,24). The van der Waals surface area contributed by atoms with Crippen molar-refractivity contribution in [2.75, 3.05) is 32.7 Å². The highest BCUT2D eigenvalue weighted by atomic mass is 16.2. The van der Waals surface area contributed by atoms with Crippen LogP contribution in [0.25, 0.3) is 0 Å². The molecular formula is C19H36N4O3. The van der Waals surface area contributed by atoms with Gasteiger partial charge in [-0.15, -0.1) is 0 Å². The van der Waals surface area contributed by atoms with Gasteiger partial charge in [-0.3, -0.25) is 14.4 Å². The molecule has 26 heavy (non-hydrogen) atoms. The van der Waals surface area contributed by atoms with E-state index in [0.717, 1.165) is 32.5 Å². The molecule has 0 saturated carbocycles. The lowest BCUT2D eigenvalue weighted by atomic mass is 9.96. The van der Waals surface area contributed by atoms with Crippen LogP contribution in [-0.4, -0.2) is 61.3 Å². The zero-order valence-corrected chi connectivity index (χ0v) is 16.7. The molecule has 1 saturated heterocycles. The van der Waals surface area contributed by atoms with E-state index in [0.29, 0.717) is 18.9 Å². The SMILES string of the molecule is CC(C)CN1CCCC(C(=O)NCC(=O)NC(CCN)C(=O)C(C)C)C1. The van der Waals surface area contributed by atoms with Gasteiger partial charge in [0.25, 0.3) is 0 Å². The normalized spacial score (nSPS) is 19.4. The highest BCUT2D eigenvalue weighted by Crippen LogP contribution is 2.17. The van der Waals surface area contributed by atoms with E-state index in [1.165, 1.54) is 0 Å². The predicted octanol–water partition coefficient (Wildman–Crippen LogP) is 0.529.